The Hall–Kier alpha value is -0.840. The zero-order valence-electron chi connectivity index (χ0n) is 15.4. The Labute approximate surface area is 167 Å². The van der Waals surface area contributed by atoms with Gasteiger partial charge in [-0.25, -0.2) is 0 Å². The van der Waals surface area contributed by atoms with Crippen molar-refractivity contribution < 1.29 is 0 Å². The van der Waals surface area contributed by atoms with Crippen LogP contribution in [-0.4, -0.2) is 34.2 Å². The Kier molecular flexibility index (Phi) is 6.02. The number of hydrogen-bond acceptors (Lipinski definition) is 2. The van der Waals surface area contributed by atoms with E-state index in [0.29, 0.717) is 6.04 Å². The van der Waals surface area contributed by atoms with Crippen molar-refractivity contribution in [2.45, 2.75) is 88.4 Å². The maximum Gasteiger partial charge on any atom is 0.170 e. The first-order chi connectivity index (χ1) is 12.7. The Morgan fingerprint density at radius 1 is 0.885 bits per heavy atom. The van der Waals surface area contributed by atoms with Crippen LogP contribution in [0.5, 0.6) is 0 Å². The summed E-state index contributed by atoms with van der Waals surface area (Å²) in [6.07, 6.45) is 13.7. The first kappa shape index (κ1) is 18.5. The molecule has 2 aliphatic heterocycles. The van der Waals surface area contributed by atoms with Crippen LogP contribution < -0.4 is 10.6 Å². The van der Waals surface area contributed by atoms with Gasteiger partial charge in [-0.3, -0.25) is 4.90 Å². The minimum atomic E-state index is 0.498. The van der Waals surface area contributed by atoms with Crippen molar-refractivity contribution in [2.24, 2.45) is 0 Å². The van der Waals surface area contributed by atoms with E-state index in [1.54, 1.807) is 0 Å². The van der Waals surface area contributed by atoms with Crippen molar-refractivity contribution in [1.29, 1.82) is 0 Å². The molecule has 0 spiro atoms. The molecule has 2 heterocycles. The van der Waals surface area contributed by atoms with E-state index in [4.69, 9.17) is 23.8 Å². The minimum Gasteiger partial charge on any atom is -0.360 e. The lowest BCUT2D eigenvalue weighted by molar-refractivity contribution is -0.0195. The third-order valence-corrected chi connectivity index (χ3v) is 6.94. The Balaban J connectivity index is 1.34. The predicted molar refractivity (Wildman–Crippen MR) is 114 cm³/mol. The molecule has 5 heteroatoms. The fourth-order valence-corrected chi connectivity index (χ4v) is 5.81. The average Bonchev–Trinajstić information content (AvgIpc) is 2.63. The highest BCUT2D eigenvalue weighted by Crippen LogP contribution is 2.39. The monoisotopic (exact) mass is 391 g/mol. The first-order valence-electron chi connectivity index (χ1n) is 10.3. The van der Waals surface area contributed by atoms with Gasteiger partial charge in [0.1, 0.15) is 0 Å². The second-order valence-electron chi connectivity index (χ2n) is 8.25. The molecule has 142 valence electrons. The first-order valence-corrected chi connectivity index (χ1v) is 11.1. The molecule has 3 fully saturated rings. The Bertz CT molecular complexity index is 600. The average molecular weight is 392 g/mol. The molecule has 2 bridgehead atoms. The van der Waals surface area contributed by atoms with Gasteiger partial charge < -0.3 is 10.6 Å². The molecule has 3 aliphatic rings. The predicted octanol–water partition coefficient (Wildman–Crippen LogP) is 5.34. The minimum absolute atomic E-state index is 0.498. The summed E-state index contributed by atoms with van der Waals surface area (Å²) in [5, 5.41) is 8.38. The fraction of sp³-hybridized carbons (Fsp3) is 0.667. The summed E-state index contributed by atoms with van der Waals surface area (Å²) in [7, 11) is 0. The van der Waals surface area contributed by atoms with E-state index >= 15 is 0 Å². The SMILES string of the molecule is S=C(Nc1ccc(Cl)cc1)NC1C[C@H]2CCC[C@@H](C1)N2C1CCCCC1. The van der Waals surface area contributed by atoms with Crippen molar-refractivity contribution in [3.63, 3.8) is 0 Å². The van der Waals surface area contributed by atoms with Crippen molar-refractivity contribution in [1.82, 2.24) is 10.2 Å². The summed E-state index contributed by atoms with van der Waals surface area (Å²) in [6, 6.07) is 10.6. The topological polar surface area (TPSA) is 27.3 Å². The number of nitrogens with one attached hydrogen (secondary N) is 2. The number of anilines is 1. The van der Waals surface area contributed by atoms with Gasteiger partial charge in [-0.15, -0.1) is 0 Å². The van der Waals surface area contributed by atoms with Gasteiger partial charge >= 0.3 is 0 Å². The van der Waals surface area contributed by atoms with Gasteiger partial charge in [-0.05, 0) is 75.0 Å². The molecule has 0 aromatic heterocycles. The standard InChI is InChI=1S/C21H30ClN3S/c22-15-9-11-16(12-10-15)23-21(26)24-17-13-19-7-4-8-20(14-17)25(19)18-5-2-1-3-6-18/h9-12,17-20H,1-8,13-14H2,(H2,23,24,26)/t17?,19-,20+. The molecule has 0 amide bonds. The molecule has 3 atom stereocenters. The van der Waals surface area contributed by atoms with Crippen LogP contribution in [0, 0.1) is 0 Å². The molecular formula is C21H30ClN3S. The number of piperidine rings is 2. The zero-order chi connectivity index (χ0) is 17.9. The van der Waals surface area contributed by atoms with Gasteiger partial charge in [0.25, 0.3) is 0 Å². The van der Waals surface area contributed by atoms with Crippen LogP contribution in [0.3, 0.4) is 0 Å². The van der Waals surface area contributed by atoms with Gasteiger partial charge in [0.15, 0.2) is 5.11 Å². The summed E-state index contributed by atoms with van der Waals surface area (Å²) in [4.78, 5) is 2.93. The second-order valence-corrected chi connectivity index (χ2v) is 9.10. The van der Waals surface area contributed by atoms with Crippen LogP contribution in [0.1, 0.15) is 64.2 Å². The normalized spacial score (nSPS) is 30.0. The quantitative estimate of drug-likeness (QED) is 0.679. The van der Waals surface area contributed by atoms with Gasteiger partial charge in [-0.2, -0.15) is 0 Å². The molecule has 1 saturated carbocycles. The number of nitrogens with zero attached hydrogens (tertiary/aromatic N) is 1. The largest absolute Gasteiger partial charge is 0.360 e. The summed E-state index contributed by atoms with van der Waals surface area (Å²) < 4.78 is 0. The number of hydrogen-bond donors (Lipinski definition) is 2. The van der Waals surface area contributed by atoms with Gasteiger partial charge in [0.2, 0.25) is 0 Å². The van der Waals surface area contributed by atoms with E-state index in [0.717, 1.165) is 33.9 Å². The van der Waals surface area contributed by atoms with Crippen LogP contribution in [0.4, 0.5) is 5.69 Å². The molecule has 3 nitrogen and oxygen atoms in total. The number of thiocarbonyl (C=S) groups is 1. The summed E-state index contributed by atoms with van der Waals surface area (Å²) in [5.74, 6) is 0. The van der Waals surface area contributed by atoms with Crippen LogP contribution in [-0.2, 0) is 0 Å². The number of fused-ring (bicyclic) bond motifs is 2. The number of halogens is 1. The third-order valence-electron chi connectivity index (χ3n) is 6.46. The van der Waals surface area contributed by atoms with Gasteiger partial charge in [0.05, 0.1) is 0 Å². The lowest BCUT2D eigenvalue weighted by Crippen LogP contribution is -2.60. The number of rotatable bonds is 3. The maximum absolute atomic E-state index is 5.96. The van der Waals surface area contributed by atoms with Gasteiger partial charge in [0, 0.05) is 34.9 Å². The second kappa shape index (κ2) is 8.45. The zero-order valence-corrected chi connectivity index (χ0v) is 17.0. The van der Waals surface area contributed by atoms with E-state index in [2.05, 4.69) is 15.5 Å². The molecule has 1 aromatic rings. The third kappa shape index (κ3) is 4.35. The Morgan fingerprint density at radius 3 is 2.15 bits per heavy atom. The van der Waals surface area contributed by atoms with E-state index in [1.807, 2.05) is 24.3 Å². The smallest absolute Gasteiger partial charge is 0.170 e. The highest BCUT2D eigenvalue weighted by Gasteiger charge is 2.41. The van der Waals surface area contributed by atoms with Crippen molar-refractivity contribution in [3.05, 3.63) is 29.3 Å². The summed E-state index contributed by atoms with van der Waals surface area (Å²) in [6.45, 7) is 0. The Morgan fingerprint density at radius 2 is 1.50 bits per heavy atom. The highest BCUT2D eigenvalue weighted by atomic mass is 35.5. The van der Waals surface area contributed by atoms with Crippen LogP contribution in [0.25, 0.3) is 0 Å². The molecule has 1 aliphatic carbocycles. The molecule has 2 N–H and O–H groups in total. The number of benzene rings is 1. The van der Waals surface area contributed by atoms with E-state index in [1.165, 1.54) is 64.2 Å². The molecule has 4 rings (SSSR count). The summed E-state index contributed by atoms with van der Waals surface area (Å²) >= 11 is 11.5. The molecule has 1 aromatic carbocycles. The molecule has 1 unspecified atom stereocenters. The summed E-state index contributed by atoms with van der Waals surface area (Å²) in [5.41, 5.74) is 0.992. The maximum atomic E-state index is 5.96. The van der Waals surface area contributed by atoms with E-state index < -0.39 is 0 Å². The van der Waals surface area contributed by atoms with Crippen LogP contribution >= 0.6 is 23.8 Å². The van der Waals surface area contributed by atoms with Gasteiger partial charge in [-0.1, -0.05) is 37.3 Å². The van der Waals surface area contributed by atoms with Crippen LogP contribution in [0.2, 0.25) is 5.02 Å². The lowest BCUT2D eigenvalue weighted by atomic mass is 9.78. The van der Waals surface area contributed by atoms with E-state index in [-0.39, 0.29) is 0 Å². The molecule has 0 radical (unpaired) electrons. The highest BCUT2D eigenvalue weighted by molar-refractivity contribution is 7.80. The van der Waals surface area contributed by atoms with E-state index in [9.17, 15) is 0 Å². The molecular weight excluding hydrogens is 362 g/mol. The van der Waals surface area contributed by atoms with Crippen molar-refractivity contribution in [3.8, 4) is 0 Å². The molecule has 2 saturated heterocycles. The lowest BCUT2D eigenvalue weighted by Gasteiger charge is -2.53. The van der Waals surface area contributed by atoms with Crippen LogP contribution in [0.15, 0.2) is 24.3 Å². The van der Waals surface area contributed by atoms with Crippen molar-refractivity contribution >= 4 is 34.6 Å². The molecule has 26 heavy (non-hydrogen) atoms. The van der Waals surface area contributed by atoms with Crippen molar-refractivity contribution in [2.75, 3.05) is 5.32 Å². The fourth-order valence-electron chi connectivity index (χ4n) is 5.40.